The summed E-state index contributed by atoms with van der Waals surface area (Å²) in [6, 6.07) is 0. The van der Waals surface area contributed by atoms with Crippen molar-refractivity contribution in [2.24, 2.45) is 11.5 Å². The van der Waals surface area contributed by atoms with Gasteiger partial charge in [0.2, 0.25) is 0 Å². The van der Waals surface area contributed by atoms with E-state index in [0.717, 1.165) is 12.8 Å². The second-order valence-electron chi connectivity index (χ2n) is 3.65. The maximum atomic E-state index is 10.0. The van der Waals surface area contributed by atoms with Gasteiger partial charge in [-0.25, -0.2) is 0 Å². The fourth-order valence-electron chi connectivity index (χ4n) is 1.05. The van der Waals surface area contributed by atoms with Crippen LogP contribution < -0.4 is 16.8 Å². The van der Waals surface area contributed by atoms with Gasteiger partial charge in [-0.1, -0.05) is 12.8 Å². The molecular weight excluding hydrogens is 254 g/mol. The molecule has 0 amide bonds. The van der Waals surface area contributed by atoms with Crippen LogP contribution in [0.25, 0.3) is 0 Å². The Bertz CT molecular complexity index is 289. The van der Waals surface area contributed by atoms with Crippen molar-refractivity contribution in [3.05, 3.63) is 0 Å². The third-order valence-electron chi connectivity index (χ3n) is 1.80. The van der Waals surface area contributed by atoms with E-state index in [1.807, 2.05) is 5.32 Å². The van der Waals surface area contributed by atoms with Crippen LogP contribution in [-0.2, 0) is 9.59 Å². The van der Waals surface area contributed by atoms with Gasteiger partial charge in [-0.2, -0.15) is 0 Å². The maximum absolute atomic E-state index is 10.0. The number of nitrogens with two attached hydrogens (primary N) is 2. The Kier molecular flexibility index (Phi) is 12.2. The van der Waals surface area contributed by atoms with Crippen LogP contribution in [0.5, 0.6) is 0 Å². The van der Waals surface area contributed by atoms with Crippen LogP contribution in [0.1, 0.15) is 38.5 Å². The summed E-state index contributed by atoms with van der Waals surface area (Å²) in [6.07, 6.45) is 3.28. The molecule has 0 spiro atoms. The average Bonchev–Trinajstić information content (AvgIpc) is 2.21. The van der Waals surface area contributed by atoms with Crippen LogP contribution in [-0.4, -0.2) is 34.1 Å². The highest BCUT2D eigenvalue weighted by molar-refractivity contribution is 5.93. The lowest BCUT2D eigenvalue weighted by Crippen LogP contribution is -2.39. The predicted molar refractivity (Wildman–Crippen MR) is 69.9 cm³/mol. The highest BCUT2D eigenvalue weighted by Crippen LogP contribution is 2.04. The van der Waals surface area contributed by atoms with Gasteiger partial charge in [0.05, 0.1) is 0 Å². The van der Waals surface area contributed by atoms with Crippen molar-refractivity contribution in [2.45, 2.75) is 38.5 Å². The van der Waals surface area contributed by atoms with Crippen molar-refractivity contribution >= 4 is 23.9 Å². The molecule has 0 saturated carbocycles. The second kappa shape index (κ2) is 12.1. The number of nitrogens with one attached hydrogen (secondary N) is 3. The molecule has 9 nitrogen and oxygen atoms in total. The first-order valence-corrected chi connectivity index (χ1v) is 5.64. The van der Waals surface area contributed by atoms with E-state index in [9.17, 15) is 9.59 Å². The number of unbranched alkanes of at least 4 members (excludes halogenated alkanes) is 3. The number of carboxylic acids is 2. The van der Waals surface area contributed by atoms with Crippen LogP contribution in [0, 0.1) is 10.8 Å². The predicted octanol–water partition coefficient (Wildman–Crippen LogP) is -0.141. The normalized spacial score (nSPS) is 8.84. The zero-order valence-corrected chi connectivity index (χ0v) is 10.6. The highest BCUT2D eigenvalue weighted by Gasteiger charge is 1.98. The molecule has 0 saturated heterocycles. The summed E-state index contributed by atoms with van der Waals surface area (Å²) in [5.74, 6) is -2.19. The molecule has 110 valence electrons. The molecule has 0 unspecified atom stereocenters. The van der Waals surface area contributed by atoms with E-state index in [1.165, 1.54) is 0 Å². The van der Waals surface area contributed by atoms with Crippen molar-refractivity contribution in [2.75, 3.05) is 0 Å². The first kappa shape index (κ1) is 19.0. The number of carbonyl (C=O) groups is 2. The standard InChI is InChI=1S/C8H14O4.C2H7N5/c9-7(10)5-3-1-2-4-6-8(11)12;3-1(4)7-2(5)6/h1-6H2,(H,9,10)(H,11,12);(H7,3,4,5,6,7). The molecule has 0 radical (unpaired) electrons. The van der Waals surface area contributed by atoms with E-state index in [-0.39, 0.29) is 24.8 Å². The Hall–Kier alpha value is -2.32. The second-order valence-corrected chi connectivity index (χ2v) is 3.65. The van der Waals surface area contributed by atoms with E-state index < -0.39 is 11.9 Å². The summed E-state index contributed by atoms with van der Waals surface area (Å²) in [5.41, 5.74) is 9.49. The average molecular weight is 275 g/mol. The summed E-state index contributed by atoms with van der Waals surface area (Å²) >= 11 is 0. The fraction of sp³-hybridized carbons (Fsp3) is 0.600. The third kappa shape index (κ3) is 25.7. The molecule has 0 rings (SSSR count). The number of hydrogen-bond acceptors (Lipinski definition) is 4. The van der Waals surface area contributed by atoms with Crippen LogP contribution in [0.15, 0.2) is 0 Å². The minimum absolute atomic E-state index is 0.188. The molecular formula is C10H21N5O4. The lowest BCUT2D eigenvalue weighted by molar-refractivity contribution is -0.138. The number of rotatable bonds is 7. The van der Waals surface area contributed by atoms with Crippen molar-refractivity contribution in [1.29, 1.82) is 10.8 Å². The molecule has 0 aliphatic rings. The summed E-state index contributed by atoms with van der Waals surface area (Å²) in [5, 5.41) is 31.5. The largest absolute Gasteiger partial charge is 0.481 e. The minimum Gasteiger partial charge on any atom is -0.481 e. The van der Waals surface area contributed by atoms with Gasteiger partial charge in [-0.05, 0) is 12.8 Å². The van der Waals surface area contributed by atoms with Crippen LogP contribution in [0.4, 0.5) is 0 Å². The van der Waals surface area contributed by atoms with E-state index in [2.05, 4.69) is 0 Å². The molecule has 0 aromatic carbocycles. The Labute approximate surface area is 111 Å². The quantitative estimate of drug-likeness (QED) is 0.191. The third-order valence-corrected chi connectivity index (χ3v) is 1.80. The maximum Gasteiger partial charge on any atom is 0.303 e. The van der Waals surface area contributed by atoms with E-state index in [1.54, 1.807) is 0 Å². The van der Waals surface area contributed by atoms with Gasteiger partial charge in [0, 0.05) is 12.8 Å². The van der Waals surface area contributed by atoms with E-state index in [0.29, 0.717) is 12.8 Å². The van der Waals surface area contributed by atoms with Crippen LogP contribution in [0.3, 0.4) is 0 Å². The zero-order valence-electron chi connectivity index (χ0n) is 10.6. The highest BCUT2D eigenvalue weighted by atomic mass is 16.4. The Morgan fingerprint density at radius 2 is 1.16 bits per heavy atom. The number of hydrogen-bond donors (Lipinski definition) is 7. The smallest absolute Gasteiger partial charge is 0.303 e. The SMILES string of the molecule is N=C(N)NC(=N)N.O=C(O)CCCCCCC(=O)O. The minimum atomic E-state index is -0.784. The lowest BCUT2D eigenvalue weighted by atomic mass is 10.1. The van der Waals surface area contributed by atoms with Gasteiger partial charge in [0.15, 0.2) is 11.9 Å². The molecule has 0 fully saturated rings. The topological polar surface area (TPSA) is 186 Å². The van der Waals surface area contributed by atoms with Crippen molar-refractivity contribution < 1.29 is 19.8 Å². The molecule has 9 heteroatoms. The molecule has 0 heterocycles. The van der Waals surface area contributed by atoms with E-state index >= 15 is 0 Å². The number of guanidine groups is 2. The van der Waals surface area contributed by atoms with Gasteiger partial charge in [-0.3, -0.25) is 25.7 Å². The first-order valence-electron chi connectivity index (χ1n) is 5.64. The van der Waals surface area contributed by atoms with Gasteiger partial charge in [0.1, 0.15) is 0 Å². The molecule has 0 aromatic rings. The molecule has 0 atom stereocenters. The monoisotopic (exact) mass is 275 g/mol. The molecule has 0 aromatic heterocycles. The summed E-state index contributed by atoms with van der Waals surface area (Å²) in [4.78, 5) is 20.1. The number of aliphatic carboxylic acids is 2. The first-order chi connectivity index (χ1) is 8.75. The summed E-state index contributed by atoms with van der Waals surface area (Å²) < 4.78 is 0. The van der Waals surface area contributed by atoms with Gasteiger partial charge in [-0.15, -0.1) is 0 Å². The Balaban J connectivity index is 0. The van der Waals surface area contributed by atoms with E-state index in [4.69, 9.17) is 32.5 Å². The molecule has 0 bridgehead atoms. The Morgan fingerprint density at radius 3 is 1.32 bits per heavy atom. The fourth-order valence-corrected chi connectivity index (χ4v) is 1.05. The summed E-state index contributed by atoms with van der Waals surface area (Å²) in [6.45, 7) is 0. The van der Waals surface area contributed by atoms with Crippen LogP contribution >= 0.6 is 0 Å². The molecule has 19 heavy (non-hydrogen) atoms. The van der Waals surface area contributed by atoms with Crippen molar-refractivity contribution in [3.63, 3.8) is 0 Å². The Morgan fingerprint density at radius 1 is 0.842 bits per heavy atom. The van der Waals surface area contributed by atoms with Crippen LogP contribution in [0.2, 0.25) is 0 Å². The zero-order chi connectivity index (χ0) is 15.3. The van der Waals surface area contributed by atoms with Gasteiger partial charge < -0.3 is 21.7 Å². The molecule has 0 aliphatic heterocycles. The van der Waals surface area contributed by atoms with Crippen molar-refractivity contribution in [3.8, 4) is 0 Å². The van der Waals surface area contributed by atoms with Crippen molar-refractivity contribution in [1.82, 2.24) is 5.32 Å². The lowest BCUT2D eigenvalue weighted by Gasteiger charge is -1.96. The summed E-state index contributed by atoms with van der Waals surface area (Å²) in [7, 11) is 0. The van der Waals surface area contributed by atoms with Gasteiger partial charge in [0.25, 0.3) is 0 Å². The molecule has 9 N–H and O–H groups in total. The van der Waals surface area contributed by atoms with Gasteiger partial charge >= 0.3 is 11.9 Å². The molecule has 0 aliphatic carbocycles. The number of carboxylic acid groups (broad SMARTS) is 2.